The number of amides is 1. The third-order valence-electron chi connectivity index (χ3n) is 7.06. The van der Waals surface area contributed by atoms with Crippen molar-refractivity contribution in [3.8, 4) is 5.75 Å². The monoisotopic (exact) mass is 593 g/mol. The number of ether oxygens (including phenoxy) is 5. The van der Waals surface area contributed by atoms with Gasteiger partial charge in [-0.1, -0.05) is 52.7 Å². The molecule has 0 heterocycles. The Morgan fingerprint density at radius 1 is 0.857 bits per heavy atom. The molecule has 42 heavy (non-hydrogen) atoms. The molecule has 1 N–H and O–H groups in total. The number of unbranched alkanes of at least 4 members (excludes halogenated alkanes) is 1. The molecule has 0 aliphatic heterocycles. The first kappa shape index (κ1) is 37.7. The van der Waals surface area contributed by atoms with Crippen LogP contribution >= 0.6 is 0 Å². The second-order valence-electron chi connectivity index (χ2n) is 12.6. The first-order valence-electron chi connectivity index (χ1n) is 15.9. The highest BCUT2D eigenvalue weighted by Gasteiger charge is 2.30. The zero-order valence-corrected chi connectivity index (χ0v) is 27.8. The summed E-state index contributed by atoms with van der Waals surface area (Å²) < 4.78 is 29.0. The summed E-state index contributed by atoms with van der Waals surface area (Å²) in [5, 5.41) is 2.75. The first-order chi connectivity index (χ1) is 19.9. The fraction of sp³-hybridized carbons (Fsp3) is 0.765. The van der Waals surface area contributed by atoms with Crippen LogP contribution in [0.15, 0.2) is 24.3 Å². The highest BCUT2D eigenvalue weighted by atomic mass is 16.6. The minimum absolute atomic E-state index is 0.0256. The molecule has 0 spiro atoms. The maximum atomic E-state index is 12.9. The summed E-state index contributed by atoms with van der Waals surface area (Å²) in [5.74, 6) is 1.15. The highest BCUT2D eigenvalue weighted by molar-refractivity contribution is 5.81. The summed E-state index contributed by atoms with van der Waals surface area (Å²) in [5.41, 5.74) is 0.430. The van der Waals surface area contributed by atoms with Crippen LogP contribution < -0.4 is 10.1 Å². The number of rotatable bonds is 21. The maximum Gasteiger partial charge on any atom is 0.408 e. The van der Waals surface area contributed by atoms with Gasteiger partial charge in [0.05, 0.1) is 32.5 Å². The highest BCUT2D eigenvalue weighted by Crippen LogP contribution is 2.28. The minimum atomic E-state index is -0.776. The zero-order valence-electron chi connectivity index (χ0n) is 27.8. The van der Waals surface area contributed by atoms with Crippen LogP contribution in [-0.4, -0.2) is 56.2 Å². The van der Waals surface area contributed by atoms with E-state index in [9.17, 15) is 9.59 Å². The molecule has 0 radical (unpaired) electrons. The lowest BCUT2D eigenvalue weighted by molar-refractivity contribution is -0.146. The average molecular weight is 594 g/mol. The fourth-order valence-corrected chi connectivity index (χ4v) is 4.65. The van der Waals surface area contributed by atoms with E-state index in [1.54, 1.807) is 27.9 Å². The molecular weight excluding hydrogens is 534 g/mol. The summed E-state index contributed by atoms with van der Waals surface area (Å²) in [6, 6.07) is 7.17. The molecule has 0 saturated carbocycles. The summed E-state index contributed by atoms with van der Waals surface area (Å²) in [6.07, 6.45) is 5.86. The van der Waals surface area contributed by atoms with Crippen LogP contribution in [0.25, 0.3) is 0 Å². The minimum Gasteiger partial charge on any atom is -0.497 e. The van der Waals surface area contributed by atoms with Gasteiger partial charge >= 0.3 is 12.1 Å². The van der Waals surface area contributed by atoms with Gasteiger partial charge in [-0.25, -0.2) is 9.59 Å². The van der Waals surface area contributed by atoms with Crippen molar-refractivity contribution in [1.82, 2.24) is 5.32 Å². The molecule has 8 heteroatoms. The van der Waals surface area contributed by atoms with E-state index in [1.807, 2.05) is 31.2 Å². The van der Waals surface area contributed by atoms with E-state index in [0.29, 0.717) is 38.6 Å². The number of hydrogen-bond donors (Lipinski definition) is 1. The molecule has 0 fully saturated rings. The second-order valence-corrected chi connectivity index (χ2v) is 12.6. The Labute approximate surface area is 255 Å². The normalized spacial score (nSPS) is 14.6. The number of hydrogen-bond acceptors (Lipinski definition) is 7. The number of methoxy groups -OCH3 is 1. The standard InChI is InChI=1S/C34H59NO7/c1-10-12-23-40-32(36)30(35-33(37)42-34(6,7)8)14-13-15-31(39-22-11-2)29(21-16-25(3)4)26(5)41-24-27-17-19-28(38-9)20-18-27/h17-20,25-26,29-31H,10-16,21-24H2,1-9H3,(H,35,37)/t26-,29-,30-,31-/m0/s1. The lowest BCUT2D eigenvalue weighted by Gasteiger charge is -2.33. The van der Waals surface area contributed by atoms with Crippen molar-refractivity contribution >= 4 is 12.1 Å². The number of esters is 1. The SMILES string of the molecule is CCCCOC(=O)[C@H](CCC[C@H](OCCC)[C@@H](CCC(C)C)[C@H](C)OCc1ccc(OC)cc1)NC(=O)OC(C)(C)C. The van der Waals surface area contributed by atoms with Gasteiger partial charge in [-0.3, -0.25) is 0 Å². The quantitative estimate of drug-likeness (QED) is 0.115. The van der Waals surface area contributed by atoms with Gasteiger partial charge in [0.2, 0.25) is 0 Å². The Hall–Kier alpha value is -2.32. The largest absolute Gasteiger partial charge is 0.497 e. The number of benzene rings is 1. The molecule has 8 nitrogen and oxygen atoms in total. The van der Waals surface area contributed by atoms with E-state index >= 15 is 0 Å². The third kappa shape index (κ3) is 16.4. The Kier molecular flexibility index (Phi) is 18.5. The van der Waals surface area contributed by atoms with Crippen LogP contribution in [0.1, 0.15) is 112 Å². The van der Waals surface area contributed by atoms with Crippen LogP contribution in [-0.2, 0) is 30.3 Å². The number of carbonyl (C=O) groups excluding carboxylic acids is 2. The van der Waals surface area contributed by atoms with Crippen molar-refractivity contribution in [2.45, 2.75) is 137 Å². The molecular formula is C34H59NO7. The van der Waals surface area contributed by atoms with E-state index in [0.717, 1.165) is 49.8 Å². The fourth-order valence-electron chi connectivity index (χ4n) is 4.65. The van der Waals surface area contributed by atoms with Crippen molar-refractivity contribution < 1.29 is 33.3 Å². The molecule has 1 aromatic carbocycles. The first-order valence-corrected chi connectivity index (χ1v) is 15.9. The Bertz CT molecular complexity index is 866. The van der Waals surface area contributed by atoms with Gasteiger partial charge < -0.3 is 29.0 Å². The zero-order chi connectivity index (χ0) is 31.5. The summed E-state index contributed by atoms with van der Waals surface area (Å²) in [7, 11) is 1.66. The molecule has 242 valence electrons. The average Bonchev–Trinajstić information content (AvgIpc) is 2.93. The van der Waals surface area contributed by atoms with Gasteiger partial charge in [0.15, 0.2) is 0 Å². The Morgan fingerprint density at radius 2 is 1.55 bits per heavy atom. The summed E-state index contributed by atoms with van der Waals surface area (Å²) >= 11 is 0. The molecule has 1 amide bonds. The molecule has 0 aromatic heterocycles. The molecule has 0 bridgehead atoms. The second kappa shape index (κ2) is 20.6. The topological polar surface area (TPSA) is 92.3 Å². The molecule has 4 atom stereocenters. The van der Waals surface area contributed by atoms with E-state index in [4.69, 9.17) is 23.7 Å². The van der Waals surface area contributed by atoms with E-state index in [1.165, 1.54) is 0 Å². The van der Waals surface area contributed by atoms with Gasteiger partial charge in [-0.15, -0.1) is 0 Å². The smallest absolute Gasteiger partial charge is 0.408 e. The van der Waals surface area contributed by atoms with Crippen LogP contribution in [0.4, 0.5) is 4.79 Å². The van der Waals surface area contributed by atoms with E-state index in [-0.39, 0.29) is 18.1 Å². The molecule has 1 aromatic rings. The van der Waals surface area contributed by atoms with Crippen molar-refractivity contribution in [1.29, 1.82) is 0 Å². The number of carbonyl (C=O) groups is 2. The van der Waals surface area contributed by atoms with Crippen LogP contribution in [0.5, 0.6) is 5.75 Å². The summed E-state index contributed by atoms with van der Waals surface area (Å²) in [6.45, 7) is 17.7. The Morgan fingerprint density at radius 3 is 2.12 bits per heavy atom. The van der Waals surface area contributed by atoms with Gasteiger partial charge in [-0.2, -0.15) is 0 Å². The predicted octanol–water partition coefficient (Wildman–Crippen LogP) is 7.85. The van der Waals surface area contributed by atoms with Gasteiger partial charge in [-0.05, 0) is 89.8 Å². The van der Waals surface area contributed by atoms with Gasteiger partial charge in [0.1, 0.15) is 17.4 Å². The number of nitrogens with one attached hydrogen (secondary N) is 1. The van der Waals surface area contributed by atoms with E-state index < -0.39 is 23.7 Å². The van der Waals surface area contributed by atoms with Crippen molar-refractivity contribution in [2.75, 3.05) is 20.3 Å². The van der Waals surface area contributed by atoms with Crippen LogP contribution in [0.3, 0.4) is 0 Å². The predicted molar refractivity (Wildman–Crippen MR) is 168 cm³/mol. The van der Waals surface area contributed by atoms with Gasteiger partial charge in [0, 0.05) is 12.5 Å². The van der Waals surface area contributed by atoms with Crippen molar-refractivity contribution in [3.63, 3.8) is 0 Å². The van der Waals surface area contributed by atoms with E-state index in [2.05, 4.69) is 33.0 Å². The molecule has 0 aliphatic rings. The van der Waals surface area contributed by atoms with Crippen LogP contribution in [0.2, 0.25) is 0 Å². The van der Waals surface area contributed by atoms with Crippen molar-refractivity contribution in [2.24, 2.45) is 11.8 Å². The maximum absolute atomic E-state index is 12.9. The Balaban J connectivity index is 2.98. The lowest BCUT2D eigenvalue weighted by Crippen LogP contribution is -2.44. The summed E-state index contributed by atoms with van der Waals surface area (Å²) in [4.78, 5) is 25.4. The lowest BCUT2D eigenvalue weighted by atomic mass is 9.86. The molecule has 0 aliphatic carbocycles. The number of alkyl carbamates (subject to hydrolysis) is 1. The molecule has 0 saturated heterocycles. The molecule has 0 unspecified atom stereocenters. The molecule has 1 rings (SSSR count). The van der Waals surface area contributed by atoms with Gasteiger partial charge in [0.25, 0.3) is 0 Å². The van der Waals surface area contributed by atoms with Crippen molar-refractivity contribution in [3.05, 3.63) is 29.8 Å². The third-order valence-corrected chi connectivity index (χ3v) is 7.06. The van der Waals surface area contributed by atoms with Crippen LogP contribution in [0, 0.1) is 11.8 Å².